The predicted molar refractivity (Wildman–Crippen MR) is 117 cm³/mol. The average molecular weight is 405 g/mol. The Morgan fingerprint density at radius 1 is 0.967 bits per heavy atom. The Labute approximate surface area is 177 Å². The zero-order valence-electron chi connectivity index (χ0n) is 17.8. The summed E-state index contributed by atoms with van der Waals surface area (Å²) in [5.41, 5.74) is 5.30. The summed E-state index contributed by atoms with van der Waals surface area (Å²) >= 11 is 0. The number of carbonyl (C=O) groups excluding carboxylic acids is 1. The summed E-state index contributed by atoms with van der Waals surface area (Å²) in [5.74, 6) is 0.847. The number of hydrogen-bond donors (Lipinski definition) is 0. The summed E-state index contributed by atoms with van der Waals surface area (Å²) in [5, 5.41) is 4.76. The number of methoxy groups -OCH3 is 1. The largest absolute Gasteiger partial charge is 0.497 e. The molecule has 0 atom stereocenters. The highest BCUT2D eigenvalue weighted by molar-refractivity contribution is 5.94. The van der Waals surface area contributed by atoms with E-state index in [1.807, 2.05) is 52.0 Å². The number of aryl methyl sites for hydroxylation is 1. The van der Waals surface area contributed by atoms with Gasteiger partial charge in [-0.2, -0.15) is 5.10 Å². The van der Waals surface area contributed by atoms with Gasteiger partial charge in [0.1, 0.15) is 5.75 Å². The molecule has 2 aromatic carbocycles. The van der Waals surface area contributed by atoms with Gasteiger partial charge >= 0.3 is 0 Å². The number of para-hydroxylation sites is 1. The van der Waals surface area contributed by atoms with Gasteiger partial charge in [-0.3, -0.25) is 9.69 Å². The highest BCUT2D eigenvalue weighted by Crippen LogP contribution is 2.21. The van der Waals surface area contributed by atoms with Gasteiger partial charge in [0.25, 0.3) is 5.91 Å². The van der Waals surface area contributed by atoms with Gasteiger partial charge in [-0.1, -0.05) is 18.2 Å². The van der Waals surface area contributed by atoms with Crippen LogP contribution in [0.5, 0.6) is 5.75 Å². The molecule has 0 N–H and O–H groups in total. The number of hydrogen-bond acceptors (Lipinski definition) is 4. The van der Waals surface area contributed by atoms with Crippen LogP contribution in [0.25, 0.3) is 5.69 Å². The van der Waals surface area contributed by atoms with E-state index < -0.39 is 0 Å². The Morgan fingerprint density at radius 2 is 1.63 bits per heavy atom. The van der Waals surface area contributed by atoms with Crippen LogP contribution in [0.2, 0.25) is 0 Å². The van der Waals surface area contributed by atoms with Gasteiger partial charge in [0, 0.05) is 49.5 Å². The quantitative estimate of drug-likeness (QED) is 0.654. The Kier molecular flexibility index (Phi) is 5.86. The first-order valence-corrected chi connectivity index (χ1v) is 10.3. The lowest BCUT2D eigenvalue weighted by atomic mass is 10.1. The molecule has 0 bridgehead atoms. The summed E-state index contributed by atoms with van der Waals surface area (Å²) in [4.78, 5) is 17.1. The SMILES string of the molecule is COc1ccc(C(=O)N2CCN(Cc3c(C)nn(-c4ccccc4)c3C)CC2)cc1. The maximum absolute atomic E-state index is 12.8. The molecule has 0 spiro atoms. The number of piperazine rings is 1. The van der Waals surface area contributed by atoms with E-state index >= 15 is 0 Å². The third-order valence-electron chi connectivity index (χ3n) is 5.82. The van der Waals surface area contributed by atoms with Gasteiger partial charge in [-0.15, -0.1) is 0 Å². The van der Waals surface area contributed by atoms with Gasteiger partial charge in [-0.05, 0) is 50.2 Å². The van der Waals surface area contributed by atoms with E-state index in [-0.39, 0.29) is 5.91 Å². The first-order valence-electron chi connectivity index (χ1n) is 10.3. The number of benzene rings is 2. The minimum atomic E-state index is 0.0848. The molecule has 0 radical (unpaired) electrons. The third-order valence-corrected chi connectivity index (χ3v) is 5.82. The van der Waals surface area contributed by atoms with E-state index in [9.17, 15) is 4.79 Å². The van der Waals surface area contributed by atoms with Gasteiger partial charge in [0.05, 0.1) is 18.5 Å². The molecule has 1 aliphatic rings. The van der Waals surface area contributed by atoms with E-state index in [0.29, 0.717) is 5.56 Å². The Hall–Kier alpha value is -3.12. The fraction of sp³-hybridized carbons (Fsp3) is 0.333. The lowest BCUT2D eigenvalue weighted by molar-refractivity contribution is 0.0628. The molecule has 1 aromatic heterocycles. The molecule has 6 heteroatoms. The predicted octanol–water partition coefficient (Wildman–Crippen LogP) is 3.46. The van der Waals surface area contributed by atoms with Crippen LogP contribution in [0.15, 0.2) is 54.6 Å². The summed E-state index contributed by atoms with van der Waals surface area (Å²) in [6.07, 6.45) is 0. The maximum atomic E-state index is 12.8. The van der Waals surface area contributed by atoms with Gasteiger partial charge in [-0.25, -0.2) is 4.68 Å². The van der Waals surface area contributed by atoms with E-state index in [1.54, 1.807) is 7.11 Å². The van der Waals surface area contributed by atoms with E-state index in [1.165, 1.54) is 11.3 Å². The standard InChI is InChI=1S/C24H28N4O2/c1-18-23(19(2)28(25-18)21-7-5-4-6-8-21)17-26-13-15-27(16-14-26)24(29)20-9-11-22(30-3)12-10-20/h4-12H,13-17H2,1-3H3. The first-order chi connectivity index (χ1) is 14.6. The van der Waals surface area contributed by atoms with Crippen molar-refractivity contribution >= 4 is 5.91 Å². The van der Waals surface area contributed by atoms with Crippen molar-refractivity contribution in [2.45, 2.75) is 20.4 Å². The minimum absolute atomic E-state index is 0.0848. The molecule has 0 saturated carbocycles. The fourth-order valence-corrected chi connectivity index (χ4v) is 3.97. The van der Waals surface area contributed by atoms with Crippen LogP contribution in [-0.4, -0.2) is 58.8 Å². The molecule has 1 fully saturated rings. The van der Waals surface area contributed by atoms with Crippen LogP contribution >= 0.6 is 0 Å². The summed E-state index contributed by atoms with van der Waals surface area (Å²) < 4.78 is 7.20. The summed E-state index contributed by atoms with van der Waals surface area (Å²) in [7, 11) is 1.63. The smallest absolute Gasteiger partial charge is 0.253 e. The van der Waals surface area contributed by atoms with Crippen LogP contribution in [0.4, 0.5) is 0 Å². The molecule has 3 aromatic rings. The monoisotopic (exact) mass is 404 g/mol. The Balaban J connectivity index is 1.39. The van der Waals surface area contributed by atoms with Crippen molar-refractivity contribution in [3.63, 3.8) is 0 Å². The number of aromatic nitrogens is 2. The lowest BCUT2D eigenvalue weighted by Gasteiger charge is -2.34. The third kappa shape index (κ3) is 4.09. The molecule has 0 unspecified atom stereocenters. The average Bonchev–Trinajstić information content (AvgIpc) is 3.08. The first kappa shape index (κ1) is 20.2. The normalized spacial score (nSPS) is 14.7. The second-order valence-corrected chi connectivity index (χ2v) is 7.69. The van der Waals surface area contributed by atoms with Crippen LogP contribution in [0, 0.1) is 13.8 Å². The minimum Gasteiger partial charge on any atom is -0.497 e. The van der Waals surface area contributed by atoms with Crippen molar-refractivity contribution in [3.05, 3.63) is 77.1 Å². The Bertz CT molecular complexity index is 1000. The maximum Gasteiger partial charge on any atom is 0.253 e. The van der Waals surface area contributed by atoms with Crippen LogP contribution in [0.1, 0.15) is 27.3 Å². The molecule has 0 aliphatic carbocycles. The molecule has 156 valence electrons. The van der Waals surface area contributed by atoms with Gasteiger partial charge < -0.3 is 9.64 Å². The molecule has 2 heterocycles. The number of amides is 1. The molecular formula is C24H28N4O2. The fourth-order valence-electron chi connectivity index (χ4n) is 3.97. The molecule has 1 aliphatic heterocycles. The van der Waals surface area contributed by atoms with E-state index in [0.717, 1.165) is 49.9 Å². The van der Waals surface area contributed by atoms with Crippen molar-refractivity contribution < 1.29 is 9.53 Å². The summed E-state index contributed by atoms with van der Waals surface area (Å²) in [6, 6.07) is 17.6. The number of nitrogens with zero attached hydrogens (tertiary/aromatic N) is 4. The van der Waals surface area contributed by atoms with Crippen molar-refractivity contribution in [2.24, 2.45) is 0 Å². The molecule has 4 rings (SSSR count). The number of carbonyl (C=O) groups is 1. The zero-order chi connectivity index (χ0) is 21.1. The van der Waals surface area contributed by atoms with E-state index in [2.05, 4.69) is 30.9 Å². The van der Waals surface area contributed by atoms with E-state index in [4.69, 9.17) is 9.84 Å². The zero-order valence-corrected chi connectivity index (χ0v) is 17.8. The number of ether oxygens (including phenoxy) is 1. The van der Waals surface area contributed by atoms with Gasteiger partial charge in [0.2, 0.25) is 0 Å². The van der Waals surface area contributed by atoms with Crippen molar-refractivity contribution in [2.75, 3.05) is 33.3 Å². The highest BCUT2D eigenvalue weighted by Gasteiger charge is 2.24. The Morgan fingerprint density at radius 3 is 2.27 bits per heavy atom. The molecular weight excluding hydrogens is 376 g/mol. The second-order valence-electron chi connectivity index (χ2n) is 7.69. The van der Waals surface area contributed by atoms with Crippen LogP contribution in [-0.2, 0) is 6.54 Å². The van der Waals surface area contributed by atoms with Gasteiger partial charge in [0.15, 0.2) is 0 Å². The van der Waals surface area contributed by atoms with Crippen molar-refractivity contribution in [3.8, 4) is 11.4 Å². The van der Waals surface area contributed by atoms with Crippen molar-refractivity contribution in [1.82, 2.24) is 19.6 Å². The molecule has 30 heavy (non-hydrogen) atoms. The second kappa shape index (κ2) is 8.71. The van der Waals surface area contributed by atoms with Crippen LogP contribution in [0.3, 0.4) is 0 Å². The molecule has 1 amide bonds. The number of rotatable bonds is 5. The topological polar surface area (TPSA) is 50.6 Å². The lowest BCUT2D eigenvalue weighted by Crippen LogP contribution is -2.48. The van der Waals surface area contributed by atoms with Crippen LogP contribution < -0.4 is 4.74 Å². The highest BCUT2D eigenvalue weighted by atomic mass is 16.5. The summed E-state index contributed by atoms with van der Waals surface area (Å²) in [6.45, 7) is 8.24. The van der Waals surface area contributed by atoms with Crippen molar-refractivity contribution in [1.29, 1.82) is 0 Å². The molecule has 1 saturated heterocycles. The molecule has 6 nitrogen and oxygen atoms in total.